The molecule has 0 aliphatic carbocycles. The molecule has 0 aliphatic heterocycles. The van der Waals surface area contributed by atoms with Crippen molar-refractivity contribution in [2.45, 2.75) is 168 Å². The SMILES string of the molecule is CCOC(=O)C(C)(COC(=O)OCC(C)(COC(C)(C)C)C(=O)OCCCCCCCOC(=O)C(C)(COC(=O)OCC(C)(COC(=O)C(C)(C)C)C(=O)OCC)COC(C)(C)C)COC(=O)C(C)(C)C. The molecule has 4 atom stereocenters. The highest BCUT2D eigenvalue weighted by Gasteiger charge is 2.44. The molecular weight excluding hydrogens is 933 g/mol. The third-order valence-corrected chi connectivity index (χ3v) is 10.2. The van der Waals surface area contributed by atoms with Crippen LogP contribution in [0.1, 0.15) is 157 Å². The van der Waals surface area contributed by atoms with Crippen LogP contribution in [-0.2, 0) is 85.6 Å². The lowest BCUT2D eigenvalue weighted by molar-refractivity contribution is -0.172. The van der Waals surface area contributed by atoms with Crippen molar-refractivity contribution in [3.8, 4) is 0 Å². The van der Waals surface area contributed by atoms with E-state index in [0.29, 0.717) is 32.1 Å². The monoisotopic (exact) mass is 1020 g/mol. The van der Waals surface area contributed by atoms with Crippen LogP contribution < -0.4 is 0 Å². The minimum absolute atomic E-state index is 0.0421. The van der Waals surface area contributed by atoms with Crippen LogP contribution in [0.5, 0.6) is 0 Å². The van der Waals surface area contributed by atoms with Gasteiger partial charge in [0.15, 0.2) is 0 Å². The first-order valence-electron chi connectivity index (χ1n) is 24.3. The Bertz CT molecular complexity index is 1610. The van der Waals surface area contributed by atoms with Crippen LogP contribution in [0.2, 0.25) is 0 Å². The second-order valence-electron chi connectivity index (χ2n) is 22.8. The summed E-state index contributed by atoms with van der Waals surface area (Å²) in [7, 11) is 0. The molecule has 0 amide bonds. The Kier molecular flexibility index (Phi) is 27.2. The predicted molar refractivity (Wildman–Crippen MR) is 258 cm³/mol. The van der Waals surface area contributed by atoms with Crippen molar-refractivity contribution >= 4 is 48.1 Å². The number of esters is 6. The second-order valence-corrected chi connectivity index (χ2v) is 22.8. The average Bonchev–Trinajstić information content (AvgIpc) is 3.26. The number of carbonyl (C=O) groups excluding carboxylic acids is 8. The molecule has 0 fully saturated rings. The summed E-state index contributed by atoms with van der Waals surface area (Å²) in [6.07, 6.45) is 0.724. The Labute approximate surface area is 422 Å². The minimum Gasteiger partial charge on any atom is -0.465 e. The molecule has 0 saturated heterocycles. The van der Waals surface area contributed by atoms with Gasteiger partial charge in [0.2, 0.25) is 0 Å². The maximum atomic E-state index is 13.4. The Morgan fingerprint density at radius 1 is 0.282 bits per heavy atom. The highest BCUT2D eigenvalue weighted by molar-refractivity contribution is 5.81. The zero-order valence-electron chi connectivity index (χ0n) is 46.2. The van der Waals surface area contributed by atoms with Gasteiger partial charge in [0.25, 0.3) is 0 Å². The Morgan fingerprint density at radius 2 is 0.521 bits per heavy atom. The average molecular weight is 1020 g/mol. The second kappa shape index (κ2) is 29.1. The third kappa shape index (κ3) is 26.5. The molecule has 0 bridgehead atoms. The summed E-state index contributed by atoms with van der Waals surface area (Å²) in [5.74, 6) is -3.95. The maximum absolute atomic E-state index is 13.4. The van der Waals surface area contributed by atoms with Gasteiger partial charge >= 0.3 is 48.1 Å². The summed E-state index contributed by atoms with van der Waals surface area (Å²) in [6, 6.07) is 0. The van der Waals surface area contributed by atoms with E-state index in [9.17, 15) is 38.4 Å². The summed E-state index contributed by atoms with van der Waals surface area (Å²) < 4.78 is 65.1. The molecule has 0 aliphatic rings. The molecule has 0 saturated carbocycles. The fourth-order valence-corrected chi connectivity index (χ4v) is 5.25. The largest absolute Gasteiger partial charge is 0.508 e. The Hall–Kier alpha value is -4.72. The van der Waals surface area contributed by atoms with Crippen LogP contribution in [0.3, 0.4) is 0 Å². The van der Waals surface area contributed by atoms with Gasteiger partial charge in [-0.15, -0.1) is 0 Å². The summed E-state index contributed by atoms with van der Waals surface area (Å²) in [6.45, 7) is 27.0. The van der Waals surface area contributed by atoms with Crippen molar-refractivity contribution < 1.29 is 95.2 Å². The van der Waals surface area contributed by atoms with Gasteiger partial charge in [0, 0.05) is 0 Å². The fraction of sp³-hybridized carbons (Fsp3) is 0.843. The maximum Gasteiger partial charge on any atom is 0.508 e. The summed E-state index contributed by atoms with van der Waals surface area (Å²) >= 11 is 0. The summed E-state index contributed by atoms with van der Waals surface area (Å²) in [4.78, 5) is 103. The van der Waals surface area contributed by atoms with E-state index < -0.39 is 131 Å². The standard InChI is InChI=1S/C51H88O20/c1-19-60-38(54)48(15,28-64-36(52)44(3,4)5)30-66-42(58)68-32-50(17,34-70-46(9,10)11)40(56)62-26-24-22-21-23-25-27-63-41(57)51(18,35-71-47(12,13)14)33-69-43(59)67-31-49(16,39(55)61-20-2)29-65-37(53)45(6,7)8/h19-35H2,1-18H3. The zero-order chi connectivity index (χ0) is 55.1. The normalized spacial score (nSPS) is 15.5. The van der Waals surface area contributed by atoms with Crippen molar-refractivity contribution in [1.82, 2.24) is 0 Å². The van der Waals surface area contributed by atoms with Crippen molar-refractivity contribution in [1.29, 1.82) is 0 Å². The molecule has 0 aromatic rings. The number of rotatable bonds is 30. The lowest BCUT2D eigenvalue weighted by Crippen LogP contribution is -2.43. The molecule has 0 N–H and O–H groups in total. The molecular formula is C51H88O20. The van der Waals surface area contributed by atoms with Gasteiger partial charge in [-0.05, 0) is 137 Å². The molecule has 0 aromatic heterocycles. The van der Waals surface area contributed by atoms with Crippen LogP contribution >= 0.6 is 0 Å². The van der Waals surface area contributed by atoms with Crippen molar-refractivity contribution in [3.63, 3.8) is 0 Å². The number of hydrogen-bond donors (Lipinski definition) is 0. The van der Waals surface area contributed by atoms with Crippen molar-refractivity contribution in [2.24, 2.45) is 32.5 Å². The van der Waals surface area contributed by atoms with Gasteiger partial charge in [0.1, 0.15) is 61.3 Å². The minimum atomic E-state index is -1.54. The van der Waals surface area contributed by atoms with E-state index in [1.807, 2.05) is 0 Å². The third-order valence-electron chi connectivity index (χ3n) is 10.2. The molecule has 71 heavy (non-hydrogen) atoms. The smallest absolute Gasteiger partial charge is 0.465 e. The topological polar surface area (TPSA) is 247 Å². The van der Waals surface area contributed by atoms with Crippen molar-refractivity contribution in [2.75, 3.05) is 79.3 Å². The van der Waals surface area contributed by atoms with Crippen LogP contribution in [-0.4, -0.2) is 139 Å². The van der Waals surface area contributed by atoms with E-state index in [1.54, 1.807) is 96.9 Å². The highest BCUT2D eigenvalue weighted by atomic mass is 16.7. The Morgan fingerprint density at radius 3 is 0.775 bits per heavy atom. The van der Waals surface area contributed by atoms with Crippen LogP contribution in [0.15, 0.2) is 0 Å². The first-order valence-corrected chi connectivity index (χ1v) is 24.3. The van der Waals surface area contributed by atoms with E-state index in [4.69, 9.17) is 56.8 Å². The van der Waals surface area contributed by atoms with Gasteiger partial charge < -0.3 is 56.8 Å². The zero-order valence-corrected chi connectivity index (χ0v) is 46.2. The molecule has 20 nitrogen and oxygen atoms in total. The predicted octanol–water partition coefficient (Wildman–Crippen LogP) is 8.29. The molecule has 0 heterocycles. The van der Waals surface area contributed by atoms with Gasteiger partial charge in [0.05, 0.1) is 61.7 Å². The van der Waals surface area contributed by atoms with E-state index in [-0.39, 0.29) is 39.6 Å². The Balaban J connectivity index is 5.32. The molecule has 0 radical (unpaired) electrons. The first-order chi connectivity index (χ1) is 32.4. The lowest BCUT2D eigenvalue weighted by atomic mass is 9.92. The number of ether oxygens (including phenoxy) is 12. The number of unbranched alkanes of at least 4 members (excludes halogenated alkanes) is 4. The van der Waals surface area contributed by atoms with Crippen LogP contribution in [0.4, 0.5) is 9.59 Å². The van der Waals surface area contributed by atoms with Crippen LogP contribution in [0, 0.1) is 32.5 Å². The number of carbonyl (C=O) groups is 8. The van der Waals surface area contributed by atoms with E-state index in [1.165, 1.54) is 27.7 Å². The lowest BCUT2D eigenvalue weighted by Gasteiger charge is -2.31. The van der Waals surface area contributed by atoms with Gasteiger partial charge in [-0.2, -0.15) is 0 Å². The van der Waals surface area contributed by atoms with E-state index in [0.717, 1.165) is 0 Å². The van der Waals surface area contributed by atoms with Gasteiger partial charge in [-0.3, -0.25) is 28.8 Å². The molecule has 412 valence electrons. The van der Waals surface area contributed by atoms with Crippen molar-refractivity contribution in [3.05, 3.63) is 0 Å². The van der Waals surface area contributed by atoms with E-state index >= 15 is 0 Å². The molecule has 0 spiro atoms. The summed E-state index contributed by atoms with van der Waals surface area (Å²) in [5.41, 5.74) is -8.92. The molecule has 20 heteroatoms. The molecule has 0 aromatic carbocycles. The van der Waals surface area contributed by atoms with Crippen LogP contribution in [0.25, 0.3) is 0 Å². The van der Waals surface area contributed by atoms with Gasteiger partial charge in [-0.1, -0.05) is 19.3 Å². The molecule has 0 rings (SSSR count). The quantitative estimate of drug-likeness (QED) is 0.0373. The van der Waals surface area contributed by atoms with E-state index in [2.05, 4.69) is 0 Å². The highest BCUT2D eigenvalue weighted by Crippen LogP contribution is 2.28. The first kappa shape index (κ1) is 66.3. The number of hydrogen-bond acceptors (Lipinski definition) is 20. The van der Waals surface area contributed by atoms with Gasteiger partial charge in [-0.25, -0.2) is 9.59 Å². The fourth-order valence-electron chi connectivity index (χ4n) is 5.25. The summed E-state index contributed by atoms with van der Waals surface area (Å²) in [5, 5.41) is 0. The molecule has 4 unspecified atom stereocenters.